The number of pyridine rings is 2. The summed E-state index contributed by atoms with van der Waals surface area (Å²) in [6.07, 6.45) is -0.0258. The summed E-state index contributed by atoms with van der Waals surface area (Å²) in [6.45, 7) is 1.73. The van der Waals surface area contributed by atoms with Crippen LogP contribution in [0.5, 0.6) is 5.75 Å². The van der Waals surface area contributed by atoms with Crippen LogP contribution in [0.1, 0.15) is 53.5 Å². The standard InChI is InChI=1S/C24H19ClF3N5O2/c1-13(21-32-19-3-2-8-29-22(19)33(21)20-7-6-17(25)12-30-20)31-23(34)16-9-15(14-4-5-14)10-18(11-16)35-24(26,27)28/h2-3,6-14H,4-5H2,1H3,(H,31,34). The summed E-state index contributed by atoms with van der Waals surface area (Å²) in [5.74, 6) is 0.112. The Labute approximate surface area is 202 Å². The first-order chi connectivity index (χ1) is 16.7. The van der Waals surface area contributed by atoms with Crippen molar-refractivity contribution in [3.05, 3.63) is 76.8 Å². The number of nitrogens with zero attached hydrogens (tertiary/aromatic N) is 4. The quantitative estimate of drug-likeness (QED) is 0.364. The van der Waals surface area contributed by atoms with Crippen molar-refractivity contribution in [2.75, 3.05) is 0 Å². The van der Waals surface area contributed by atoms with Crippen LogP contribution in [0.25, 0.3) is 17.0 Å². The van der Waals surface area contributed by atoms with Gasteiger partial charge in [0.15, 0.2) is 5.65 Å². The van der Waals surface area contributed by atoms with Crippen LogP contribution in [-0.2, 0) is 0 Å². The highest BCUT2D eigenvalue weighted by atomic mass is 35.5. The summed E-state index contributed by atoms with van der Waals surface area (Å²) in [7, 11) is 0. The summed E-state index contributed by atoms with van der Waals surface area (Å²) in [6, 6.07) is 10.3. The molecule has 35 heavy (non-hydrogen) atoms. The van der Waals surface area contributed by atoms with E-state index in [0.717, 1.165) is 18.9 Å². The van der Waals surface area contributed by atoms with Gasteiger partial charge in [-0.3, -0.25) is 9.36 Å². The highest BCUT2D eigenvalue weighted by Gasteiger charge is 2.33. The lowest BCUT2D eigenvalue weighted by atomic mass is 10.1. The van der Waals surface area contributed by atoms with E-state index in [4.69, 9.17) is 11.6 Å². The van der Waals surface area contributed by atoms with Gasteiger partial charge in [-0.15, -0.1) is 13.2 Å². The van der Waals surface area contributed by atoms with Crippen LogP contribution in [0, 0.1) is 0 Å². The molecule has 180 valence electrons. The van der Waals surface area contributed by atoms with Crippen molar-refractivity contribution in [3.63, 3.8) is 0 Å². The van der Waals surface area contributed by atoms with Crippen molar-refractivity contribution in [1.29, 1.82) is 0 Å². The monoisotopic (exact) mass is 501 g/mol. The lowest BCUT2D eigenvalue weighted by molar-refractivity contribution is -0.274. The first-order valence-corrected chi connectivity index (χ1v) is 11.2. The highest BCUT2D eigenvalue weighted by molar-refractivity contribution is 6.30. The third-order valence-corrected chi connectivity index (χ3v) is 5.81. The molecule has 3 aromatic heterocycles. The molecule has 1 aliphatic carbocycles. The maximum atomic E-state index is 13.1. The van der Waals surface area contributed by atoms with Crippen molar-refractivity contribution >= 4 is 28.7 Å². The summed E-state index contributed by atoms with van der Waals surface area (Å²) in [5, 5.41) is 3.29. The Bertz CT molecular complexity index is 1400. The molecule has 3 heterocycles. The predicted molar refractivity (Wildman–Crippen MR) is 123 cm³/mol. The fourth-order valence-electron chi connectivity index (χ4n) is 3.89. The Balaban J connectivity index is 1.48. The second kappa shape index (κ2) is 8.84. The topological polar surface area (TPSA) is 81.9 Å². The zero-order valence-corrected chi connectivity index (χ0v) is 19.1. The molecule has 0 spiro atoms. The fourth-order valence-corrected chi connectivity index (χ4v) is 4.00. The predicted octanol–water partition coefficient (Wildman–Crippen LogP) is 5.74. The van der Waals surface area contributed by atoms with E-state index in [1.807, 2.05) is 0 Å². The maximum absolute atomic E-state index is 13.1. The fraction of sp³-hybridized carbons (Fsp3) is 0.250. The van der Waals surface area contributed by atoms with E-state index in [2.05, 4.69) is 25.0 Å². The van der Waals surface area contributed by atoms with Gasteiger partial charge >= 0.3 is 6.36 Å². The van der Waals surface area contributed by atoms with Gasteiger partial charge in [-0.25, -0.2) is 15.0 Å². The molecule has 4 aromatic rings. The summed E-state index contributed by atoms with van der Waals surface area (Å²) < 4.78 is 44.3. The second-order valence-corrected chi connectivity index (χ2v) is 8.73. The van der Waals surface area contributed by atoms with Crippen molar-refractivity contribution in [1.82, 2.24) is 24.8 Å². The number of ether oxygens (including phenoxy) is 1. The molecule has 7 nitrogen and oxygen atoms in total. The number of fused-ring (bicyclic) bond motifs is 1. The molecule has 1 aliphatic rings. The van der Waals surface area contributed by atoms with Crippen LogP contribution >= 0.6 is 11.6 Å². The van der Waals surface area contributed by atoms with Gasteiger partial charge in [0.25, 0.3) is 5.91 Å². The van der Waals surface area contributed by atoms with Gasteiger partial charge in [-0.2, -0.15) is 0 Å². The normalized spacial score (nSPS) is 14.7. The molecule has 1 fully saturated rings. The third-order valence-electron chi connectivity index (χ3n) is 5.59. The minimum Gasteiger partial charge on any atom is -0.406 e. The molecule has 5 rings (SSSR count). The number of imidazole rings is 1. The van der Waals surface area contributed by atoms with Gasteiger partial charge in [0.2, 0.25) is 0 Å². The van der Waals surface area contributed by atoms with Crippen molar-refractivity contribution < 1.29 is 22.7 Å². The Morgan fingerprint density at radius 1 is 1.20 bits per heavy atom. The van der Waals surface area contributed by atoms with E-state index in [1.165, 1.54) is 12.3 Å². The molecule has 0 saturated heterocycles. The Hall–Kier alpha value is -3.66. The molecule has 0 aliphatic heterocycles. The average Bonchev–Trinajstić information content (AvgIpc) is 3.58. The van der Waals surface area contributed by atoms with E-state index in [9.17, 15) is 18.0 Å². The molecule has 1 aromatic carbocycles. The molecule has 1 amide bonds. The number of alkyl halides is 3. The van der Waals surface area contributed by atoms with Crippen LogP contribution in [0.2, 0.25) is 5.02 Å². The van der Waals surface area contributed by atoms with Crippen LogP contribution in [0.4, 0.5) is 13.2 Å². The number of aromatic nitrogens is 4. The third kappa shape index (κ3) is 5.07. The number of nitrogens with one attached hydrogen (secondary N) is 1. The Morgan fingerprint density at radius 2 is 2.00 bits per heavy atom. The molecular weight excluding hydrogens is 483 g/mol. The minimum atomic E-state index is -4.85. The van der Waals surface area contributed by atoms with Gasteiger partial charge < -0.3 is 10.1 Å². The Kier molecular flexibility index (Phi) is 5.84. The molecule has 0 bridgehead atoms. The minimum absolute atomic E-state index is 0.0749. The maximum Gasteiger partial charge on any atom is 0.573 e. The zero-order chi connectivity index (χ0) is 24.7. The van der Waals surface area contributed by atoms with E-state index in [1.54, 1.807) is 48.0 Å². The number of rotatable bonds is 6. The van der Waals surface area contributed by atoms with E-state index in [-0.39, 0.29) is 11.5 Å². The van der Waals surface area contributed by atoms with Crippen molar-refractivity contribution in [3.8, 4) is 11.6 Å². The van der Waals surface area contributed by atoms with Gasteiger partial charge in [0, 0.05) is 18.0 Å². The number of carbonyl (C=O) groups excluding carboxylic acids is 1. The number of amides is 1. The smallest absolute Gasteiger partial charge is 0.406 e. The number of halogens is 4. The average molecular weight is 502 g/mol. The van der Waals surface area contributed by atoms with E-state index in [0.29, 0.717) is 33.4 Å². The molecule has 11 heteroatoms. The summed E-state index contributed by atoms with van der Waals surface area (Å²) in [4.78, 5) is 26.5. The van der Waals surface area contributed by atoms with Crippen molar-refractivity contribution in [2.24, 2.45) is 0 Å². The SMILES string of the molecule is CC(NC(=O)c1cc(OC(F)(F)F)cc(C2CC2)c1)c1nc2cccnc2n1-c1ccc(Cl)cn1. The molecule has 0 radical (unpaired) electrons. The van der Waals surface area contributed by atoms with Crippen LogP contribution < -0.4 is 10.1 Å². The van der Waals surface area contributed by atoms with E-state index < -0.39 is 24.1 Å². The lowest BCUT2D eigenvalue weighted by Gasteiger charge is -2.17. The van der Waals surface area contributed by atoms with Gasteiger partial charge in [0.05, 0.1) is 11.1 Å². The number of hydrogen-bond donors (Lipinski definition) is 1. The number of hydrogen-bond acceptors (Lipinski definition) is 5. The first-order valence-electron chi connectivity index (χ1n) is 10.8. The lowest BCUT2D eigenvalue weighted by Crippen LogP contribution is -2.29. The summed E-state index contributed by atoms with van der Waals surface area (Å²) in [5.41, 5.74) is 1.85. The van der Waals surface area contributed by atoms with Crippen molar-refractivity contribution in [2.45, 2.75) is 38.1 Å². The molecule has 1 N–H and O–H groups in total. The molecule has 1 atom stereocenters. The van der Waals surface area contributed by atoms with E-state index >= 15 is 0 Å². The highest BCUT2D eigenvalue weighted by Crippen LogP contribution is 2.42. The zero-order valence-electron chi connectivity index (χ0n) is 18.4. The first kappa shape index (κ1) is 23.1. The summed E-state index contributed by atoms with van der Waals surface area (Å²) >= 11 is 5.98. The van der Waals surface area contributed by atoms with Crippen LogP contribution in [0.3, 0.4) is 0 Å². The Morgan fingerprint density at radius 3 is 2.69 bits per heavy atom. The molecular formula is C24H19ClF3N5O2. The van der Waals surface area contributed by atoms with Gasteiger partial charge in [-0.1, -0.05) is 11.6 Å². The molecule has 1 saturated carbocycles. The van der Waals surface area contributed by atoms with Crippen LogP contribution in [-0.4, -0.2) is 31.8 Å². The largest absolute Gasteiger partial charge is 0.573 e. The molecule has 1 unspecified atom stereocenters. The van der Waals surface area contributed by atoms with Gasteiger partial charge in [-0.05, 0) is 73.7 Å². The van der Waals surface area contributed by atoms with Gasteiger partial charge in [0.1, 0.15) is 22.9 Å². The second-order valence-electron chi connectivity index (χ2n) is 8.29. The number of carbonyl (C=O) groups is 1. The number of benzene rings is 1. The van der Waals surface area contributed by atoms with Crippen LogP contribution in [0.15, 0.2) is 54.9 Å².